The normalized spacial score (nSPS) is 18.3. The SMILES string of the molecule is Cn1cc([C@H]2CCCN2Cc2nnc(-c3ccc(Cl)cc3)o2)cn1. The number of aromatic nitrogens is 4. The summed E-state index contributed by atoms with van der Waals surface area (Å²) in [5.74, 6) is 1.16. The number of likely N-dealkylation sites (tertiary alicyclic amines) is 1. The van der Waals surface area contributed by atoms with Crippen LogP contribution in [0, 0.1) is 0 Å². The van der Waals surface area contributed by atoms with E-state index in [2.05, 4.69) is 26.4 Å². The molecule has 1 atom stereocenters. The van der Waals surface area contributed by atoms with E-state index in [1.54, 1.807) is 0 Å². The number of benzene rings is 1. The number of hydrogen-bond donors (Lipinski definition) is 0. The first-order chi connectivity index (χ1) is 11.7. The van der Waals surface area contributed by atoms with Gasteiger partial charge in [-0.3, -0.25) is 9.58 Å². The van der Waals surface area contributed by atoms with Gasteiger partial charge in [0.15, 0.2) is 0 Å². The van der Waals surface area contributed by atoms with Gasteiger partial charge in [-0.05, 0) is 43.7 Å². The maximum absolute atomic E-state index is 5.91. The zero-order chi connectivity index (χ0) is 16.5. The minimum Gasteiger partial charge on any atom is -0.419 e. The summed E-state index contributed by atoms with van der Waals surface area (Å²) >= 11 is 5.91. The third kappa shape index (κ3) is 3.07. The van der Waals surface area contributed by atoms with E-state index in [-0.39, 0.29) is 0 Å². The average Bonchev–Trinajstić information content (AvgIpc) is 3.30. The number of halogens is 1. The molecule has 3 heterocycles. The van der Waals surface area contributed by atoms with Gasteiger partial charge in [0.25, 0.3) is 0 Å². The molecular formula is C17H18ClN5O. The van der Waals surface area contributed by atoms with E-state index < -0.39 is 0 Å². The first kappa shape index (κ1) is 15.4. The zero-order valence-corrected chi connectivity index (χ0v) is 14.1. The standard InChI is InChI=1S/C17H18ClN5O/c1-22-10-13(9-19-22)15-3-2-8-23(15)11-16-20-21-17(24-16)12-4-6-14(18)7-5-12/h4-7,9-10,15H,2-3,8,11H2,1H3/t15-/m1/s1. The minimum absolute atomic E-state index is 0.365. The molecule has 0 aliphatic carbocycles. The fourth-order valence-corrected chi connectivity index (χ4v) is 3.33. The van der Waals surface area contributed by atoms with Gasteiger partial charge in [0.05, 0.1) is 12.7 Å². The lowest BCUT2D eigenvalue weighted by molar-refractivity contribution is 0.224. The molecule has 7 heteroatoms. The van der Waals surface area contributed by atoms with Gasteiger partial charge in [-0.15, -0.1) is 10.2 Å². The van der Waals surface area contributed by atoms with Crippen molar-refractivity contribution in [3.8, 4) is 11.5 Å². The molecule has 0 N–H and O–H groups in total. The predicted molar refractivity (Wildman–Crippen MR) is 90.3 cm³/mol. The molecule has 2 aromatic heterocycles. The van der Waals surface area contributed by atoms with Crippen molar-refractivity contribution in [1.29, 1.82) is 0 Å². The molecule has 124 valence electrons. The quantitative estimate of drug-likeness (QED) is 0.726. The molecule has 0 bridgehead atoms. The van der Waals surface area contributed by atoms with Crippen LogP contribution in [0.15, 0.2) is 41.1 Å². The second-order valence-corrected chi connectivity index (χ2v) is 6.52. The lowest BCUT2D eigenvalue weighted by Gasteiger charge is -2.21. The molecule has 1 aromatic carbocycles. The van der Waals surface area contributed by atoms with Crippen molar-refractivity contribution < 1.29 is 4.42 Å². The molecule has 0 radical (unpaired) electrons. The zero-order valence-electron chi connectivity index (χ0n) is 13.4. The Bertz CT molecular complexity index is 826. The van der Waals surface area contributed by atoms with Gasteiger partial charge in [0.1, 0.15) is 0 Å². The lowest BCUT2D eigenvalue weighted by Crippen LogP contribution is -2.22. The van der Waals surface area contributed by atoms with Crippen molar-refractivity contribution >= 4 is 11.6 Å². The summed E-state index contributed by atoms with van der Waals surface area (Å²) in [7, 11) is 1.94. The van der Waals surface area contributed by atoms with Crippen LogP contribution in [-0.2, 0) is 13.6 Å². The van der Waals surface area contributed by atoms with E-state index in [1.165, 1.54) is 5.56 Å². The van der Waals surface area contributed by atoms with Gasteiger partial charge in [0, 0.05) is 35.4 Å². The summed E-state index contributed by atoms with van der Waals surface area (Å²) in [5, 5.41) is 13.3. The first-order valence-corrected chi connectivity index (χ1v) is 8.38. The first-order valence-electron chi connectivity index (χ1n) is 8.00. The highest BCUT2D eigenvalue weighted by Gasteiger charge is 2.28. The monoisotopic (exact) mass is 343 g/mol. The van der Waals surface area contributed by atoms with Crippen LogP contribution < -0.4 is 0 Å². The number of rotatable bonds is 4. The highest BCUT2D eigenvalue weighted by molar-refractivity contribution is 6.30. The molecule has 3 aromatic rings. The van der Waals surface area contributed by atoms with Crippen LogP contribution in [0.2, 0.25) is 5.02 Å². The molecule has 1 aliphatic heterocycles. The van der Waals surface area contributed by atoms with E-state index in [4.69, 9.17) is 16.0 Å². The van der Waals surface area contributed by atoms with Crippen LogP contribution in [0.1, 0.15) is 30.3 Å². The largest absolute Gasteiger partial charge is 0.419 e. The van der Waals surface area contributed by atoms with Crippen molar-refractivity contribution in [1.82, 2.24) is 24.9 Å². The smallest absolute Gasteiger partial charge is 0.247 e. The molecule has 1 aliphatic rings. The van der Waals surface area contributed by atoms with Gasteiger partial charge in [-0.1, -0.05) is 11.6 Å². The molecule has 4 rings (SSSR count). The second kappa shape index (κ2) is 6.37. The van der Waals surface area contributed by atoms with Crippen molar-refractivity contribution in [3.05, 3.63) is 53.1 Å². The van der Waals surface area contributed by atoms with Crippen LogP contribution in [0.4, 0.5) is 0 Å². The Morgan fingerprint density at radius 1 is 1.25 bits per heavy atom. The van der Waals surface area contributed by atoms with E-state index in [1.807, 2.05) is 42.2 Å². The van der Waals surface area contributed by atoms with Gasteiger partial charge < -0.3 is 4.42 Å². The topological polar surface area (TPSA) is 60.0 Å². The fraction of sp³-hybridized carbons (Fsp3) is 0.353. The van der Waals surface area contributed by atoms with E-state index in [0.717, 1.165) is 24.9 Å². The molecule has 0 saturated carbocycles. The van der Waals surface area contributed by atoms with E-state index in [9.17, 15) is 0 Å². The Hall–Kier alpha value is -2.18. The highest BCUT2D eigenvalue weighted by atomic mass is 35.5. The Morgan fingerprint density at radius 2 is 2.08 bits per heavy atom. The molecule has 1 fully saturated rings. The summed E-state index contributed by atoms with van der Waals surface area (Å²) in [6.07, 6.45) is 6.31. The Balaban J connectivity index is 1.50. The lowest BCUT2D eigenvalue weighted by atomic mass is 10.1. The van der Waals surface area contributed by atoms with E-state index >= 15 is 0 Å². The maximum Gasteiger partial charge on any atom is 0.247 e. The number of aryl methyl sites for hydroxylation is 1. The van der Waals surface area contributed by atoms with Crippen molar-refractivity contribution in [2.45, 2.75) is 25.4 Å². The summed E-state index contributed by atoms with van der Waals surface area (Å²) < 4.78 is 7.68. The van der Waals surface area contributed by atoms with Gasteiger partial charge >= 0.3 is 0 Å². The summed E-state index contributed by atoms with van der Waals surface area (Å²) in [5.41, 5.74) is 2.12. The summed E-state index contributed by atoms with van der Waals surface area (Å²) in [6.45, 7) is 1.68. The van der Waals surface area contributed by atoms with Crippen molar-refractivity contribution in [3.63, 3.8) is 0 Å². The van der Waals surface area contributed by atoms with E-state index in [0.29, 0.717) is 29.4 Å². The second-order valence-electron chi connectivity index (χ2n) is 6.08. The van der Waals surface area contributed by atoms with Crippen molar-refractivity contribution in [2.75, 3.05) is 6.54 Å². The average molecular weight is 344 g/mol. The van der Waals surface area contributed by atoms with Gasteiger partial charge in [-0.2, -0.15) is 5.10 Å². The van der Waals surface area contributed by atoms with Crippen LogP contribution in [0.5, 0.6) is 0 Å². The summed E-state index contributed by atoms with van der Waals surface area (Å²) in [4.78, 5) is 2.37. The van der Waals surface area contributed by atoms with Gasteiger partial charge in [-0.25, -0.2) is 0 Å². The van der Waals surface area contributed by atoms with Crippen LogP contribution in [0.3, 0.4) is 0 Å². The fourth-order valence-electron chi connectivity index (χ4n) is 3.21. The molecular weight excluding hydrogens is 326 g/mol. The van der Waals surface area contributed by atoms with Crippen molar-refractivity contribution in [2.24, 2.45) is 7.05 Å². The maximum atomic E-state index is 5.91. The molecule has 0 unspecified atom stereocenters. The third-order valence-corrected chi connectivity index (χ3v) is 4.62. The number of hydrogen-bond acceptors (Lipinski definition) is 5. The Morgan fingerprint density at radius 3 is 2.83 bits per heavy atom. The third-order valence-electron chi connectivity index (χ3n) is 4.37. The Labute approximate surface area is 145 Å². The molecule has 0 amide bonds. The van der Waals surface area contributed by atoms with Crippen LogP contribution in [0.25, 0.3) is 11.5 Å². The molecule has 24 heavy (non-hydrogen) atoms. The summed E-state index contributed by atoms with van der Waals surface area (Å²) in [6, 6.07) is 7.77. The minimum atomic E-state index is 0.365. The molecule has 1 saturated heterocycles. The van der Waals surface area contributed by atoms with Gasteiger partial charge in [0.2, 0.25) is 11.8 Å². The van der Waals surface area contributed by atoms with Crippen LogP contribution >= 0.6 is 11.6 Å². The molecule has 0 spiro atoms. The van der Waals surface area contributed by atoms with Crippen LogP contribution in [-0.4, -0.2) is 31.4 Å². The number of nitrogens with zero attached hydrogens (tertiary/aromatic N) is 5. The predicted octanol–water partition coefficient (Wildman–Crippen LogP) is 3.46. The molecule has 6 nitrogen and oxygen atoms in total. The highest BCUT2D eigenvalue weighted by Crippen LogP contribution is 2.33. The Kier molecular flexibility index (Phi) is 4.08.